The minimum Gasteiger partial charge on any atom is -0.494 e. The molecule has 1 fully saturated rings. The zero-order valence-electron chi connectivity index (χ0n) is 13.9. The molecule has 5 heteroatoms. The number of ketones is 1. The van der Waals surface area contributed by atoms with Crippen molar-refractivity contribution < 1.29 is 14.3 Å². The van der Waals surface area contributed by atoms with Crippen LogP contribution in [0, 0.1) is 5.92 Å². The molecule has 126 valence electrons. The standard InChI is InChI=1S/C18H26N2O3/c1-13-8-9-19-12-17(13)20-18(22)7-4-10-23-16-6-3-5-15(11-16)14(2)21/h3,5-6,11,13,17,19H,4,7-10,12H2,1-2H3,(H,20,22). The number of ether oxygens (including phenoxy) is 1. The molecule has 23 heavy (non-hydrogen) atoms. The molecule has 1 amide bonds. The molecule has 5 nitrogen and oxygen atoms in total. The first-order valence-electron chi connectivity index (χ1n) is 8.30. The predicted octanol–water partition coefficient (Wildman–Crippen LogP) is 2.16. The van der Waals surface area contributed by atoms with E-state index in [1.54, 1.807) is 18.2 Å². The van der Waals surface area contributed by atoms with Gasteiger partial charge in [-0.1, -0.05) is 19.1 Å². The average molecular weight is 318 g/mol. The number of carbonyl (C=O) groups excluding carboxylic acids is 2. The summed E-state index contributed by atoms with van der Waals surface area (Å²) in [7, 11) is 0. The Morgan fingerprint density at radius 3 is 2.96 bits per heavy atom. The molecule has 1 heterocycles. The molecule has 0 aliphatic carbocycles. The molecule has 0 aromatic heterocycles. The van der Waals surface area contributed by atoms with Crippen molar-refractivity contribution in [2.24, 2.45) is 5.92 Å². The summed E-state index contributed by atoms with van der Waals surface area (Å²) in [6, 6.07) is 7.35. The molecule has 2 atom stereocenters. The van der Waals surface area contributed by atoms with Gasteiger partial charge in [-0.15, -0.1) is 0 Å². The van der Waals surface area contributed by atoms with Crippen LogP contribution < -0.4 is 15.4 Å². The van der Waals surface area contributed by atoms with Crippen LogP contribution in [0.3, 0.4) is 0 Å². The summed E-state index contributed by atoms with van der Waals surface area (Å²) in [6.07, 6.45) is 2.21. The van der Waals surface area contributed by atoms with Crippen LogP contribution in [0.15, 0.2) is 24.3 Å². The fraction of sp³-hybridized carbons (Fsp3) is 0.556. The van der Waals surface area contributed by atoms with Crippen molar-refractivity contribution in [3.05, 3.63) is 29.8 Å². The second-order valence-electron chi connectivity index (χ2n) is 6.18. The lowest BCUT2D eigenvalue weighted by atomic mass is 9.95. The molecule has 1 aliphatic heterocycles. The highest BCUT2D eigenvalue weighted by Gasteiger charge is 2.22. The van der Waals surface area contributed by atoms with E-state index in [2.05, 4.69) is 17.6 Å². The number of hydrogen-bond acceptors (Lipinski definition) is 4. The van der Waals surface area contributed by atoms with Crippen molar-refractivity contribution in [2.75, 3.05) is 19.7 Å². The Morgan fingerprint density at radius 1 is 1.39 bits per heavy atom. The molecule has 2 rings (SSSR count). The summed E-state index contributed by atoms with van der Waals surface area (Å²) in [5.41, 5.74) is 0.638. The minimum absolute atomic E-state index is 0.0186. The topological polar surface area (TPSA) is 67.4 Å². The van der Waals surface area contributed by atoms with Crippen LogP contribution in [0.5, 0.6) is 5.75 Å². The van der Waals surface area contributed by atoms with Crippen molar-refractivity contribution in [2.45, 2.75) is 39.2 Å². The Kier molecular flexibility index (Phi) is 6.59. The van der Waals surface area contributed by atoms with Gasteiger partial charge in [-0.2, -0.15) is 0 Å². The number of amides is 1. The van der Waals surface area contributed by atoms with E-state index >= 15 is 0 Å². The summed E-state index contributed by atoms with van der Waals surface area (Å²) in [4.78, 5) is 23.3. The van der Waals surface area contributed by atoms with Gasteiger partial charge < -0.3 is 15.4 Å². The van der Waals surface area contributed by atoms with Crippen molar-refractivity contribution >= 4 is 11.7 Å². The van der Waals surface area contributed by atoms with Gasteiger partial charge in [0.25, 0.3) is 0 Å². The fourth-order valence-corrected chi connectivity index (χ4v) is 2.69. The van der Waals surface area contributed by atoms with Gasteiger partial charge in [0.15, 0.2) is 5.78 Å². The van der Waals surface area contributed by atoms with Gasteiger partial charge in [0.05, 0.1) is 6.61 Å². The van der Waals surface area contributed by atoms with E-state index in [-0.39, 0.29) is 17.7 Å². The summed E-state index contributed by atoms with van der Waals surface area (Å²) >= 11 is 0. The Balaban J connectivity index is 1.67. The molecule has 2 unspecified atom stereocenters. The highest BCUT2D eigenvalue weighted by Crippen LogP contribution is 2.14. The van der Waals surface area contributed by atoms with E-state index in [1.165, 1.54) is 6.92 Å². The van der Waals surface area contributed by atoms with Crippen LogP contribution in [-0.4, -0.2) is 37.4 Å². The van der Waals surface area contributed by atoms with Crippen molar-refractivity contribution in [3.8, 4) is 5.75 Å². The molecule has 1 saturated heterocycles. The summed E-state index contributed by atoms with van der Waals surface area (Å²) in [5, 5.41) is 6.40. The van der Waals surface area contributed by atoms with E-state index in [4.69, 9.17) is 4.74 Å². The molecular weight excluding hydrogens is 292 g/mol. The minimum atomic E-state index is 0.0186. The number of carbonyl (C=O) groups is 2. The Morgan fingerprint density at radius 2 is 2.22 bits per heavy atom. The predicted molar refractivity (Wildman–Crippen MR) is 89.8 cm³/mol. The number of piperidine rings is 1. The van der Waals surface area contributed by atoms with Crippen molar-refractivity contribution in [1.29, 1.82) is 0 Å². The molecule has 0 bridgehead atoms. The van der Waals surface area contributed by atoms with Gasteiger partial charge in [-0.3, -0.25) is 9.59 Å². The fourth-order valence-electron chi connectivity index (χ4n) is 2.69. The van der Waals surface area contributed by atoms with Gasteiger partial charge in [-0.05, 0) is 44.4 Å². The van der Waals surface area contributed by atoms with Crippen LogP contribution in [0.1, 0.15) is 43.5 Å². The maximum atomic E-state index is 12.0. The highest BCUT2D eigenvalue weighted by atomic mass is 16.5. The van der Waals surface area contributed by atoms with Crippen LogP contribution in [-0.2, 0) is 4.79 Å². The number of rotatable bonds is 7. The average Bonchev–Trinajstić information content (AvgIpc) is 2.54. The lowest BCUT2D eigenvalue weighted by Crippen LogP contribution is -2.50. The second kappa shape index (κ2) is 8.67. The Hall–Kier alpha value is -1.88. The highest BCUT2D eigenvalue weighted by molar-refractivity contribution is 5.94. The van der Waals surface area contributed by atoms with Gasteiger partial charge in [0.2, 0.25) is 5.91 Å². The first kappa shape index (κ1) is 17.5. The van der Waals surface area contributed by atoms with E-state index in [1.807, 2.05) is 6.07 Å². The zero-order chi connectivity index (χ0) is 16.7. The summed E-state index contributed by atoms with van der Waals surface area (Å²) in [6.45, 7) is 6.05. The van der Waals surface area contributed by atoms with Crippen molar-refractivity contribution in [3.63, 3.8) is 0 Å². The maximum absolute atomic E-state index is 12.0. The first-order chi connectivity index (χ1) is 11.1. The molecular formula is C18H26N2O3. The third-order valence-corrected chi connectivity index (χ3v) is 4.23. The third kappa shape index (κ3) is 5.67. The molecule has 0 spiro atoms. The van der Waals surface area contributed by atoms with Crippen LogP contribution in [0.4, 0.5) is 0 Å². The van der Waals surface area contributed by atoms with Crippen LogP contribution in [0.2, 0.25) is 0 Å². The molecule has 2 N–H and O–H groups in total. The van der Waals surface area contributed by atoms with Crippen LogP contribution >= 0.6 is 0 Å². The van der Waals surface area contributed by atoms with Gasteiger partial charge in [0.1, 0.15) is 5.75 Å². The van der Waals surface area contributed by atoms with E-state index in [0.29, 0.717) is 36.7 Å². The lowest BCUT2D eigenvalue weighted by molar-refractivity contribution is -0.122. The van der Waals surface area contributed by atoms with Crippen LogP contribution in [0.25, 0.3) is 0 Å². The summed E-state index contributed by atoms with van der Waals surface area (Å²) in [5.74, 6) is 1.28. The van der Waals surface area contributed by atoms with E-state index < -0.39 is 0 Å². The normalized spacial score (nSPS) is 20.8. The Labute approximate surface area is 137 Å². The molecule has 0 saturated carbocycles. The number of nitrogens with one attached hydrogen (secondary N) is 2. The number of Topliss-reactive ketones (excluding diaryl/α,β-unsaturated/α-hetero) is 1. The van der Waals surface area contributed by atoms with E-state index in [0.717, 1.165) is 19.5 Å². The largest absolute Gasteiger partial charge is 0.494 e. The first-order valence-corrected chi connectivity index (χ1v) is 8.30. The smallest absolute Gasteiger partial charge is 0.220 e. The molecule has 1 aromatic carbocycles. The second-order valence-corrected chi connectivity index (χ2v) is 6.18. The number of hydrogen-bond donors (Lipinski definition) is 2. The molecule has 1 aliphatic rings. The van der Waals surface area contributed by atoms with Crippen molar-refractivity contribution in [1.82, 2.24) is 10.6 Å². The molecule has 1 aromatic rings. The van der Waals surface area contributed by atoms with E-state index in [9.17, 15) is 9.59 Å². The number of benzene rings is 1. The van der Waals surface area contributed by atoms with Gasteiger partial charge >= 0.3 is 0 Å². The zero-order valence-corrected chi connectivity index (χ0v) is 13.9. The quantitative estimate of drug-likeness (QED) is 0.597. The lowest BCUT2D eigenvalue weighted by Gasteiger charge is -2.30. The third-order valence-electron chi connectivity index (χ3n) is 4.23. The monoisotopic (exact) mass is 318 g/mol. The van der Waals surface area contributed by atoms with Gasteiger partial charge in [-0.25, -0.2) is 0 Å². The van der Waals surface area contributed by atoms with Gasteiger partial charge in [0, 0.05) is 24.6 Å². The Bertz CT molecular complexity index is 545. The molecule has 0 radical (unpaired) electrons. The SMILES string of the molecule is CC(=O)c1cccc(OCCCC(=O)NC2CNCCC2C)c1. The summed E-state index contributed by atoms with van der Waals surface area (Å²) < 4.78 is 5.61. The maximum Gasteiger partial charge on any atom is 0.220 e.